The summed E-state index contributed by atoms with van der Waals surface area (Å²) in [5, 5.41) is 6.39. The maximum absolute atomic E-state index is 2.31. The highest BCUT2D eigenvalue weighted by Gasteiger charge is 2.13. The Morgan fingerprint density at radius 2 is 1.29 bits per heavy atom. The molecule has 17 heavy (non-hydrogen) atoms. The standard InChI is InChI=1S/C16H22P/c1-3-5-11-15-13-9-7-8-10-14(13)16(17-15)12-6-4-2/h7-10H,3-6,11-12H2,1-2H3. The zero-order valence-electron chi connectivity index (χ0n) is 11.0. The minimum Gasteiger partial charge on any atom is -0.0654 e. The van der Waals surface area contributed by atoms with E-state index >= 15 is 0 Å². The third kappa shape index (κ3) is 2.99. The van der Waals surface area contributed by atoms with E-state index in [-0.39, 0.29) is 0 Å². The first-order chi connectivity index (χ1) is 8.36. The number of hydrogen-bond acceptors (Lipinski definition) is 0. The van der Waals surface area contributed by atoms with Crippen LogP contribution in [0.15, 0.2) is 24.3 Å². The van der Waals surface area contributed by atoms with Crippen LogP contribution in [0, 0.1) is 0 Å². The summed E-state index contributed by atoms with van der Waals surface area (Å²) >= 11 is 0. The predicted octanol–water partition coefficient (Wildman–Crippen LogP) is 4.24. The SMILES string of the molecule is CCCCC1=c2ccccc2=C(CCCC)[P]1. The van der Waals surface area contributed by atoms with Crippen molar-refractivity contribution < 1.29 is 0 Å². The average Bonchev–Trinajstić information content (AvgIpc) is 2.72. The number of hydrogen-bond donors (Lipinski definition) is 0. The average molecular weight is 245 g/mol. The third-order valence-corrected chi connectivity index (χ3v) is 4.82. The van der Waals surface area contributed by atoms with Gasteiger partial charge >= 0.3 is 0 Å². The van der Waals surface area contributed by atoms with Gasteiger partial charge in [-0.2, -0.15) is 0 Å². The van der Waals surface area contributed by atoms with Gasteiger partial charge in [-0.05, 0) is 55.3 Å². The lowest BCUT2D eigenvalue weighted by atomic mass is 10.1. The van der Waals surface area contributed by atoms with Gasteiger partial charge < -0.3 is 0 Å². The Bertz CT molecular complexity index is 439. The van der Waals surface area contributed by atoms with E-state index in [2.05, 4.69) is 38.1 Å². The fourth-order valence-electron chi connectivity index (χ4n) is 2.34. The molecule has 1 aromatic rings. The number of benzene rings is 1. The van der Waals surface area contributed by atoms with Crippen LogP contribution in [0.5, 0.6) is 0 Å². The molecule has 91 valence electrons. The van der Waals surface area contributed by atoms with Crippen LogP contribution >= 0.6 is 8.58 Å². The normalized spacial score (nSPS) is 14.2. The molecular formula is C16H22P. The first-order valence-electron chi connectivity index (χ1n) is 6.90. The molecule has 2 rings (SSSR count). The van der Waals surface area contributed by atoms with Crippen molar-refractivity contribution in [1.29, 1.82) is 0 Å². The monoisotopic (exact) mass is 245 g/mol. The highest BCUT2D eigenvalue weighted by atomic mass is 31.1. The molecule has 1 aliphatic rings. The molecule has 0 atom stereocenters. The zero-order chi connectivity index (χ0) is 12.1. The number of unbranched alkanes of at least 4 members (excludes halogenated alkanes) is 2. The molecular weight excluding hydrogens is 223 g/mol. The molecule has 1 aliphatic heterocycles. The van der Waals surface area contributed by atoms with Crippen LogP contribution in [0.25, 0.3) is 10.6 Å². The van der Waals surface area contributed by atoms with Gasteiger partial charge in [-0.25, -0.2) is 0 Å². The van der Waals surface area contributed by atoms with Crippen molar-refractivity contribution in [2.45, 2.75) is 52.4 Å². The van der Waals surface area contributed by atoms with Crippen LogP contribution in [-0.2, 0) is 0 Å². The molecule has 1 heteroatoms. The van der Waals surface area contributed by atoms with E-state index in [0.717, 1.165) is 0 Å². The summed E-state index contributed by atoms with van der Waals surface area (Å²) in [6, 6.07) is 8.99. The minimum atomic E-state index is 1.28. The molecule has 0 unspecified atom stereocenters. The van der Waals surface area contributed by atoms with Gasteiger partial charge in [0.05, 0.1) is 0 Å². The van der Waals surface area contributed by atoms with Crippen molar-refractivity contribution in [3.8, 4) is 0 Å². The number of rotatable bonds is 6. The molecule has 0 N–H and O–H groups in total. The van der Waals surface area contributed by atoms with Gasteiger partial charge in [0, 0.05) is 0 Å². The fraction of sp³-hybridized carbons (Fsp3) is 0.500. The molecule has 0 nitrogen and oxygen atoms in total. The van der Waals surface area contributed by atoms with Gasteiger partial charge in [0.2, 0.25) is 0 Å². The van der Waals surface area contributed by atoms with Gasteiger partial charge in [0.15, 0.2) is 0 Å². The Morgan fingerprint density at radius 1 is 0.824 bits per heavy atom. The number of fused-ring (bicyclic) bond motifs is 1. The summed E-state index contributed by atoms with van der Waals surface area (Å²) < 4.78 is 0. The van der Waals surface area contributed by atoms with Gasteiger partial charge in [-0.3, -0.25) is 0 Å². The third-order valence-electron chi connectivity index (χ3n) is 3.35. The van der Waals surface area contributed by atoms with Crippen LogP contribution in [0.3, 0.4) is 0 Å². The maximum Gasteiger partial charge on any atom is -0.0137 e. The maximum atomic E-state index is 2.31. The summed E-state index contributed by atoms with van der Waals surface area (Å²) in [4.78, 5) is 0. The summed E-state index contributed by atoms with van der Waals surface area (Å²) in [6.07, 6.45) is 7.82. The van der Waals surface area contributed by atoms with Crippen LogP contribution in [0.1, 0.15) is 52.4 Å². The molecule has 0 aliphatic carbocycles. The topological polar surface area (TPSA) is 0 Å². The van der Waals surface area contributed by atoms with Crippen molar-refractivity contribution in [2.24, 2.45) is 0 Å². The molecule has 0 saturated heterocycles. The van der Waals surface area contributed by atoms with Gasteiger partial charge in [0.1, 0.15) is 0 Å². The minimum absolute atomic E-state index is 1.28. The Hall–Kier alpha value is -0.610. The Kier molecular flexibility index (Phi) is 4.80. The van der Waals surface area contributed by atoms with E-state index < -0.39 is 0 Å². The highest BCUT2D eigenvalue weighted by molar-refractivity contribution is 7.60. The molecule has 0 bridgehead atoms. The first kappa shape index (κ1) is 12.8. The Morgan fingerprint density at radius 3 is 1.71 bits per heavy atom. The van der Waals surface area contributed by atoms with Crippen molar-refractivity contribution >= 4 is 19.2 Å². The van der Waals surface area contributed by atoms with Gasteiger partial charge in [0.25, 0.3) is 0 Å². The predicted molar refractivity (Wildman–Crippen MR) is 78.5 cm³/mol. The van der Waals surface area contributed by atoms with Gasteiger partial charge in [-0.1, -0.05) is 51.0 Å². The van der Waals surface area contributed by atoms with E-state index in [4.69, 9.17) is 0 Å². The Balaban J connectivity index is 2.32. The lowest BCUT2D eigenvalue weighted by Gasteiger charge is -2.03. The highest BCUT2D eigenvalue weighted by Crippen LogP contribution is 2.41. The summed E-state index contributed by atoms with van der Waals surface area (Å²) in [6.45, 7) is 4.56. The van der Waals surface area contributed by atoms with Crippen molar-refractivity contribution in [3.05, 3.63) is 34.7 Å². The van der Waals surface area contributed by atoms with Crippen LogP contribution < -0.4 is 10.4 Å². The van der Waals surface area contributed by atoms with E-state index in [1.165, 1.54) is 57.5 Å². The molecule has 1 radical (unpaired) electrons. The summed E-state index contributed by atoms with van der Waals surface area (Å²) in [7, 11) is 1.52. The largest absolute Gasteiger partial charge is 0.0654 e. The smallest absolute Gasteiger partial charge is 0.0137 e. The second kappa shape index (κ2) is 6.36. The molecule has 0 spiro atoms. The fourth-order valence-corrected chi connectivity index (χ4v) is 3.84. The van der Waals surface area contributed by atoms with Crippen LogP contribution in [0.4, 0.5) is 0 Å². The molecule has 0 aromatic heterocycles. The van der Waals surface area contributed by atoms with Gasteiger partial charge in [-0.15, -0.1) is 0 Å². The van der Waals surface area contributed by atoms with Crippen LogP contribution in [-0.4, -0.2) is 0 Å². The molecule has 0 fully saturated rings. The molecule has 0 saturated carbocycles. The van der Waals surface area contributed by atoms with E-state index in [1.807, 2.05) is 0 Å². The van der Waals surface area contributed by atoms with Crippen molar-refractivity contribution in [3.63, 3.8) is 0 Å². The lowest BCUT2D eigenvalue weighted by molar-refractivity contribution is 0.829. The second-order valence-corrected chi connectivity index (χ2v) is 6.06. The second-order valence-electron chi connectivity index (χ2n) is 4.76. The first-order valence-corrected chi connectivity index (χ1v) is 7.79. The van der Waals surface area contributed by atoms with E-state index in [1.54, 1.807) is 10.6 Å². The van der Waals surface area contributed by atoms with Crippen molar-refractivity contribution in [2.75, 3.05) is 0 Å². The molecule has 1 heterocycles. The summed E-state index contributed by atoms with van der Waals surface area (Å²) in [5.74, 6) is 0. The van der Waals surface area contributed by atoms with Crippen LogP contribution in [0.2, 0.25) is 0 Å². The summed E-state index contributed by atoms with van der Waals surface area (Å²) in [5.41, 5.74) is 0. The van der Waals surface area contributed by atoms with Crippen molar-refractivity contribution in [1.82, 2.24) is 0 Å². The van der Waals surface area contributed by atoms with E-state index in [9.17, 15) is 0 Å². The molecule has 1 aromatic carbocycles. The molecule has 0 amide bonds. The van der Waals surface area contributed by atoms with E-state index in [0.29, 0.717) is 0 Å². The Labute approximate surface area is 107 Å². The lowest BCUT2D eigenvalue weighted by Crippen LogP contribution is -2.23. The zero-order valence-corrected chi connectivity index (χ0v) is 11.9. The quantitative estimate of drug-likeness (QED) is 0.657.